The van der Waals surface area contributed by atoms with Crippen LogP contribution in [0.15, 0.2) is 18.3 Å². The van der Waals surface area contributed by atoms with Crippen LogP contribution in [-0.4, -0.2) is 16.4 Å². The van der Waals surface area contributed by atoms with Gasteiger partial charge in [-0.15, -0.1) is 6.42 Å². The topological polar surface area (TPSA) is 39.2 Å². The van der Waals surface area contributed by atoms with Gasteiger partial charge in [-0.05, 0) is 26.0 Å². The van der Waals surface area contributed by atoms with Crippen molar-refractivity contribution in [2.24, 2.45) is 0 Å². The van der Waals surface area contributed by atoms with Gasteiger partial charge < -0.3 is 4.74 Å². The summed E-state index contributed by atoms with van der Waals surface area (Å²) in [5.74, 6) is 3.10. The van der Waals surface area contributed by atoms with E-state index in [1.54, 1.807) is 32.9 Å². The quantitative estimate of drug-likeness (QED) is 0.574. The Morgan fingerprint density at radius 2 is 2.25 bits per heavy atom. The van der Waals surface area contributed by atoms with Crippen molar-refractivity contribution >= 4 is 5.78 Å². The van der Waals surface area contributed by atoms with E-state index in [0.29, 0.717) is 17.9 Å². The van der Waals surface area contributed by atoms with Crippen LogP contribution in [0.5, 0.6) is 5.75 Å². The van der Waals surface area contributed by atoms with Crippen molar-refractivity contribution in [2.75, 3.05) is 0 Å². The molecule has 16 heavy (non-hydrogen) atoms. The van der Waals surface area contributed by atoms with Crippen molar-refractivity contribution in [3.05, 3.63) is 24.0 Å². The van der Waals surface area contributed by atoms with E-state index in [9.17, 15) is 4.79 Å². The van der Waals surface area contributed by atoms with Gasteiger partial charge in [0.1, 0.15) is 11.4 Å². The minimum Gasteiger partial charge on any atom is -0.474 e. The van der Waals surface area contributed by atoms with Crippen molar-refractivity contribution in [3.8, 4) is 18.1 Å². The highest BCUT2D eigenvalue weighted by Gasteiger charge is 2.15. The molecule has 84 valence electrons. The number of ketones is 1. The highest BCUT2D eigenvalue weighted by atomic mass is 16.5. The van der Waals surface area contributed by atoms with Gasteiger partial charge in [0.05, 0.1) is 6.20 Å². The number of hydrogen-bond acceptors (Lipinski definition) is 3. The molecule has 0 aliphatic carbocycles. The first-order valence-electron chi connectivity index (χ1n) is 5.14. The second-order valence-electron chi connectivity index (χ2n) is 3.91. The number of aromatic nitrogens is 1. The molecule has 0 atom stereocenters. The van der Waals surface area contributed by atoms with E-state index in [2.05, 4.69) is 10.9 Å². The summed E-state index contributed by atoms with van der Waals surface area (Å²) in [6.45, 7) is 5.38. The molecule has 0 fully saturated rings. The fourth-order valence-corrected chi connectivity index (χ4v) is 1.11. The Morgan fingerprint density at radius 1 is 1.56 bits per heavy atom. The third kappa shape index (κ3) is 3.09. The zero-order valence-electron chi connectivity index (χ0n) is 9.78. The second-order valence-corrected chi connectivity index (χ2v) is 3.91. The Bertz CT molecular complexity index is 413. The van der Waals surface area contributed by atoms with E-state index in [-0.39, 0.29) is 5.78 Å². The Balaban J connectivity index is 2.81. The molecule has 1 aromatic rings. The normalized spacial score (nSPS) is 10.6. The summed E-state index contributed by atoms with van der Waals surface area (Å²) in [6, 6.07) is 3.35. The number of nitrogens with zero attached hydrogens (tertiary/aromatic N) is 1. The summed E-state index contributed by atoms with van der Waals surface area (Å²) in [6.07, 6.45) is 7.27. The maximum absolute atomic E-state index is 11.3. The van der Waals surface area contributed by atoms with Gasteiger partial charge in [-0.2, -0.15) is 0 Å². The molecule has 0 aromatic carbocycles. The molecule has 0 N–H and O–H groups in total. The fraction of sp³-hybridized carbons (Fsp3) is 0.385. The van der Waals surface area contributed by atoms with Crippen LogP contribution in [0.4, 0.5) is 0 Å². The van der Waals surface area contributed by atoms with Crippen LogP contribution in [0.2, 0.25) is 0 Å². The molecule has 0 aliphatic heterocycles. The molecular weight excluding hydrogens is 202 g/mol. The largest absolute Gasteiger partial charge is 0.474 e. The lowest BCUT2D eigenvalue weighted by Gasteiger charge is -2.19. The number of Topliss-reactive ketones (excluding diaryl/α,β-unsaturated/α-hetero) is 1. The van der Waals surface area contributed by atoms with Crippen LogP contribution in [0, 0.1) is 12.3 Å². The number of hydrogen-bond donors (Lipinski definition) is 0. The second kappa shape index (κ2) is 4.80. The fourth-order valence-electron chi connectivity index (χ4n) is 1.11. The standard InChI is InChI=1S/C13H15NO2/c1-5-12(15)11-8-7-10(9-14-11)16-13(3,4)6-2/h2,7-9H,5H2,1,3-4H3. The molecule has 1 rings (SSSR count). The van der Waals surface area contributed by atoms with Crippen molar-refractivity contribution in [1.29, 1.82) is 0 Å². The smallest absolute Gasteiger partial charge is 0.180 e. The van der Waals surface area contributed by atoms with Crippen LogP contribution >= 0.6 is 0 Å². The predicted molar refractivity (Wildman–Crippen MR) is 62.4 cm³/mol. The predicted octanol–water partition coefficient (Wildman–Crippen LogP) is 2.46. The van der Waals surface area contributed by atoms with Gasteiger partial charge in [0.25, 0.3) is 0 Å². The van der Waals surface area contributed by atoms with Crippen LogP contribution in [0.1, 0.15) is 37.7 Å². The highest BCUT2D eigenvalue weighted by molar-refractivity contribution is 5.93. The first-order valence-corrected chi connectivity index (χ1v) is 5.14. The van der Waals surface area contributed by atoms with Gasteiger partial charge in [0.2, 0.25) is 0 Å². The molecule has 0 bridgehead atoms. The average molecular weight is 217 g/mol. The molecular formula is C13H15NO2. The molecule has 1 aromatic heterocycles. The third-order valence-corrected chi connectivity index (χ3v) is 2.06. The maximum Gasteiger partial charge on any atom is 0.180 e. The Kier molecular flexibility index (Phi) is 3.68. The minimum atomic E-state index is -0.669. The number of rotatable bonds is 4. The molecule has 0 aliphatic rings. The lowest BCUT2D eigenvalue weighted by atomic mass is 10.1. The lowest BCUT2D eigenvalue weighted by molar-refractivity contribution is 0.0983. The zero-order valence-corrected chi connectivity index (χ0v) is 9.78. The molecule has 0 spiro atoms. The minimum absolute atomic E-state index is 0.0164. The first kappa shape index (κ1) is 12.3. The number of terminal acetylenes is 1. The highest BCUT2D eigenvalue weighted by Crippen LogP contribution is 2.17. The van der Waals surface area contributed by atoms with E-state index in [4.69, 9.17) is 11.2 Å². The third-order valence-electron chi connectivity index (χ3n) is 2.06. The van der Waals surface area contributed by atoms with Crippen LogP contribution in [0.25, 0.3) is 0 Å². The van der Waals surface area contributed by atoms with Crippen LogP contribution < -0.4 is 4.74 Å². The van der Waals surface area contributed by atoms with Gasteiger partial charge >= 0.3 is 0 Å². The van der Waals surface area contributed by atoms with Crippen LogP contribution in [0.3, 0.4) is 0 Å². The molecule has 0 saturated heterocycles. The van der Waals surface area contributed by atoms with Crippen molar-refractivity contribution < 1.29 is 9.53 Å². The first-order chi connectivity index (χ1) is 7.48. The Morgan fingerprint density at radius 3 is 2.69 bits per heavy atom. The molecule has 3 heteroatoms. The summed E-state index contributed by atoms with van der Waals surface area (Å²) >= 11 is 0. The molecule has 1 heterocycles. The SMILES string of the molecule is C#CC(C)(C)Oc1ccc(C(=O)CC)nc1. The molecule has 0 radical (unpaired) electrons. The molecule has 0 unspecified atom stereocenters. The number of carbonyl (C=O) groups excluding carboxylic acids is 1. The van der Waals surface area contributed by atoms with Crippen molar-refractivity contribution in [1.82, 2.24) is 4.98 Å². The van der Waals surface area contributed by atoms with E-state index in [0.717, 1.165) is 0 Å². The number of pyridine rings is 1. The number of carbonyl (C=O) groups is 1. The van der Waals surface area contributed by atoms with Crippen LogP contribution in [-0.2, 0) is 0 Å². The Labute approximate surface area is 95.8 Å². The van der Waals surface area contributed by atoms with E-state index in [1.165, 1.54) is 6.20 Å². The van der Waals surface area contributed by atoms with E-state index >= 15 is 0 Å². The summed E-state index contributed by atoms with van der Waals surface area (Å²) < 4.78 is 5.51. The Hall–Kier alpha value is -1.82. The maximum atomic E-state index is 11.3. The lowest BCUT2D eigenvalue weighted by Crippen LogP contribution is -2.25. The van der Waals surface area contributed by atoms with Crippen molar-refractivity contribution in [3.63, 3.8) is 0 Å². The summed E-state index contributed by atoms with van der Waals surface area (Å²) in [5.41, 5.74) is -0.216. The summed E-state index contributed by atoms with van der Waals surface area (Å²) in [7, 11) is 0. The average Bonchev–Trinajstić information content (AvgIpc) is 2.28. The molecule has 0 amide bonds. The van der Waals surface area contributed by atoms with Crippen molar-refractivity contribution in [2.45, 2.75) is 32.8 Å². The van der Waals surface area contributed by atoms with Gasteiger partial charge in [0, 0.05) is 6.42 Å². The van der Waals surface area contributed by atoms with Gasteiger partial charge in [-0.3, -0.25) is 4.79 Å². The monoisotopic (exact) mass is 217 g/mol. The van der Waals surface area contributed by atoms with Gasteiger partial charge in [-0.25, -0.2) is 4.98 Å². The van der Waals surface area contributed by atoms with E-state index in [1.807, 2.05) is 0 Å². The molecule has 0 saturated carbocycles. The zero-order chi connectivity index (χ0) is 12.2. The summed E-state index contributed by atoms with van der Waals surface area (Å²) in [5, 5.41) is 0. The molecule has 3 nitrogen and oxygen atoms in total. The van der Waals surface area contributed by atoms with Gasteiger partial charge in [-0.1, -0.05) is 12.8 Å². The van der Waals surface area contributed by atoms with Gasteiger partial charge in [0.15, 0.2) is 11.4 Å². The van der Waals surface area contributed by atoms with E-state index < -0.39 is 5.60 Å². The number of ether oxygens (including phenoxy) is 1. The summed E-state index contributed by atoms with van der Waals surface area (Å²) in [4.78, 5) is 15.4.